The fourth-order valence-electron chi connectivity index (χ4n) is 1.35. The lowest BCUT2D eigenvalue weighted by Crippen LogP contribution is -2.26. The first kappa shape index (κ1) is 13.4. The highest BCUT2D eigenvalue weighted by molar-refractivity contribution is 6.33. The van der Waals surface area contributed by atoms with Crippen molar-refractivity contribution in [3.8, 4) is 17.2 Å². The van der Waals surface area contributed by atoms with Gasteiger partial charge in [-0.2, -0.15) is 0 Å². The number of carboxylic acid groups (broad SMARTS) is 1. The molecule has 0 heterocycles. The molecule has 0 aromatic heterocycles. The van der Waals surface area contributed by atoms with Gasteiger partial charge in [0.25, 0.3) is 0 Å². The fraction of sp³-hybridized carbons (Fsp3) is 0.364. The van der Waals surface area contributed by atoms with Gasteiger partial charge in [0.15, 0.2) is 11.5 Å². The Morgan fingerprint density at radius 1 is 1.29 bits per heavy atom. The van der Waals surface area contributed by atoms with Crippen LogP contribution in [0.2, 0.25) is 5.02 Å². The first-order valence-corrected chi connectivity index (χ1v) is 5.20. The van der Waals surface area contributed by atoms with E-state index in [1.165, 1.54) is 13.8 Å². The number of hydrogen-bond acceptors (Lipinski definition) is 4. The highest BCUT2D eigenvalue weighted by Gasteiger charge is 2.31. The Morgan fingerprint density at radius 3 is 2.29 bits per heavy atom. The average molecular weight is 261 g/mol. The van der Waals surface area contributed by atoms with Crippen LogP contribution in [0.4, 0.5) is 0 Å². The second-order valence-corrected chi connectivity index (χ2v) is 4.80. The predicted octanol–water partition coefficient (Wildman–Crippen LogP) is 2.11. The maximum absolute atomic E-state index is 11.0. The van der Waals surface area contributed by atoms with Crippen LogP contribution in [0.5, 0.6) is 17.2 Å². The molecule has 0 spiro atoms. The molecule has 0 saturated carbocycles. The number of benzene rings is 1. The second-order valence-electron chi connectivity index (χ2n) is 4.42. The van der Waals surface area contributed by atoms with Crippen LogP contribution in [0.3, 0.4) is 0 Å². The molecule has 0 aliphatic heterocycles. The number of carbonyl (C=O) groups is 1. The standard InChI is InChI=1S/C11H13ClO5/c1-11(2,10(16)17)4-5-8(12)6(13)3-7(14)9(5)15/h3,13-15H,4H2,1-2H3,(H,16,17). The fourth-order valence-corrected chi connectivity index (χ4v) is 1.56. The molecule has 0 unspecified atom stereocenters. The number of rotatable bonds is 3. The Labute approximate surface area is 103 Å². The minimum atomic E-state index is -1.18. The zero-order valence-corrected chi connectivity index (χ0v) is 10.1. The average Bonchev–Trinajstić information content (AvgIpc) is 2.21. The lowest BCUT2D eigenvalue weighted by atomic mass is 9.85. The quantitative estimate of drug-likeness (QED) is 0.493. The molecule has 0 aliphatic rings. The third kappa shape index (κ3) is 2.55. The van der Waals surface area contributed by atoms with Crippen molar-refractivity contribution < 1.29 is 25.2 Å². The highest BCUT2D eigenvalue weighted by atomic mass is 35.5. The number of phenolic OH excluding ortho intramolecular Hbond substituents is 3. The van der Waals surface area contributed by atoms with E-state index in [1.807, 2.05) is 0 Å². The summed E-state index contributed by atoms with van der Waals surface area (Å²) in [5, 5.41) is 37.1. The van der Waals surface area contributed by atoms with Gasteiger partial charge in [0.05, 0.1) is 10.4 Å². The first-order valence-electron chi connectivity index (χ1n) is 4.82. The summed E-state index contributed by atoms with van der Waals surface area (Å²) in [6.07, 6.45) is -0.116. The van der Waals surface area contributed by atoms with Gasteiger partial charge < -0.3 is 20.4 Å². The van der Waals surface area contributed by atoms with Crippen LogP contribution in [0.15, 0.2) is 6.07 Å². The molecule has 1 rings (SSSR count). The van der Waals surface area contributed by atoms with Gasteiger partial charge in [0.1, 0.15) is 5.75 Å². The van der Waals surface area contributed by atoms with Gasteiger partial charge in [-0.25, -0.2) is 0 Å². The molecule has 17 heavy (non-hydrogen) atoms. The zero-order chi connectivity index (χ0) is 13.4. The summed E-state index contributed by atoms with van der Waals surface area (Å²) in [7, 11) is 0. The normalized spacial score (nSPS) is 11.5. The van der Waals surface area contributed by atoms with E-state index in [4.69, 9.17) is 16.7 Å². The van der Waals surface area contributed by atoms with Crippen LogP contribution < -0.4 is 0 Å². The summed E-state index contributed by atoms with van der Waals surface area (Å²) in [4.78, 5) is 11.0. The predicted molar refractivity (Wildman–Crippen MR) is 61.6 cm³/mol. The summed E-state index contributed by atoms with van der Waals surface area (Å²) in [5.74, 6) is -2.53. The van der Waals surface area contributed by atoms with E-state index in [0.29, 0.717) is 0 Å². The Bertz CT molecular complexity index is 441. The molecule has 0 fully saturated rings. The van der Waals surface area contributed by atoms with Crippen molar-refractivity contribution in [1.82, 2.24) is 0 Å². The monoisotopic (exact) mass is 260 g/mol. The zero-order valence-electron chi connectivity index (χ0n) is 9.36. The largest absolute Gasteiger partial charge is 0.506 e. The van der Waals surface area contributed by atoms with Crippen molar-refractivity contribution in [2.24, 2.45) is 5.41 Å². The van der Waals surface area contributed by atoms with E-state index >= 15 is 0 Å². The second kappa shape index (κ2) is 4.33. The van der Waals surface area contributed by atoms with Gasteiger partial charge in [0.2, 0.25) is 0 Å². The SMILES string of the molecule is CC(C)(Cc1c(O)c(O)cc(O)c1Cl)C(=O)O. The number of aliphatic carboxylic acids is 1. The van der Waals surface area contributed by atoms with Gasteiger partial charge in [-0.05, 0) is 20.3 Å². The maximum atomic E-state index is 11.0. The molecular formula is C11H13ClO5. The van der Waals surface area contributed by atoms with Crippen LogP contribution >= 0.6 is 11.6 Å². The third-order valence-electron chi connectivity index (χ3n) is 2.49. The molecule has 0 radical (unpaired) electrons. The summed E-state index contributed by atoms with van der Waals surface area (Å²) in [6.45, 7) is 2.90. The summed E-state index contributed by atoms with van der Waals surface area (Å²) >= 11 is 5.77. The van der Waals surface area contributed by atoms with Gasteiger partial charge in [-0.3, -0.25) is 4.79 Å². The summed E-state index contributed by atoms with van der Waals surface area (Å²) in [5.41, 5.74) is -1.17. The molecule has 0 aliphatic carbocycles. The van der Waals surface area contributed by atoms with Crippen LogP contribution in [-0.2, 0) is 11.2 Å². The summed E-state index contributed by atoms with van der Waals surface area (Å²) in [6, 6.07) is 0.898. The van der Waals surface area contributed by atoms with Crippen LogP contribution in [-0.4, -0.2) is 26.4 Å². The van der Waals surface area contributed by atoms with Crippen LogP contribution in [0.1, 0.15) is 19.4 Å². The smallest absolute Gasteiger partial charge is 0.309 e. The molecule has 6 heteroatoms. The number of halogens is 1. The third-order valence-corrected chi connectivity index (χ3v) is 2.91. The van der Waals surface area contributed by atoms with Gasteiger partial charge in [-0.1, -0.05) is 11.6 Å². The van der Waals surface area contributed by atoms with Crippen molar-refractivity contribution in [2.45, 2.75) is 20.3 Å². The van der Waals surface area contributed by atoms with Crippen LogP contribution in [0.25, 0.3) is 0 Å². The first-order chi connectivity index (χ1) is 7.66. The van der Waals surface area contributed by atoms with Crippen molar-refractivity contribution >= 4 is 17.6 Å². The molecule has 4 N–H and O–H groups in total. The van der Waals surface area contributed by atoms with Crippen molar-refractivity contribution in [2.75, 3.05) is 0 Å². The Morgan fingerprint density at radius 2 is 1.82 bits per heavy atom. The van der Waals surface area contributed by atoms with E-state index in [2.05, 4.69) is 0 Å². The molecule has 0 bridgehead atoms. The number of aromatic hydroxyl groups is 3. The minimum Gasteiger partial charge on any atom is -0.506 e. The van der Waals surface area contributed by atoms with E-state index in [1.54, 1.807) is 0 Å². The topological polar surface area (TPSA) is 98.0 Å². The van der Waals surface area contributed by atoms with Crippen molar-refractivity contribution in [1.29, 1.82) is 0 Å². The Hall–Kier alpha value is -1.62. The van der Waals surface area contributed by atoms with Gasteiger partial charge >= 0.3 is 5.97 Å². The van der Waals surface area contributed by atoms with Crippen LogP contribution in [0, 0.1) is 5.41 Å². The molecule has 0 amide bonds. The maximum Gasteiger partial charge on any atom is 0.309 e. The number of phenols is 3. The molecule has 94 valence electrons. The van der Waals surface area contributed by atoms with Crippen molar-refractivity contribution in [3.63, 3.8) is 0 Å². The molecule has 0 atom stereocenters. The Kier molecular flexibility index (Phi) is 3.43. The van der Waals surface area contributed by atoms with Crippen molar-refractivity contribution in [3.05, 3.63) is 16.7 Å². The van der Waals surface area contributed by atoms with E-state index < -0.39 is 28.6 Å². The summed E-state index contributed by atoms with van der Waals surface area (Å²) < 4.78 is 0. The molecule has 1 aromatic carbocycles. The molecule has 0 saturated heterocycles. The van der Waals surface area contributed by atoms with E-state index in [-0.39, 0.29) is 17.0 Å². The molecule has 1 aromatic rings. The lowest BCUT2D eigenvalue weighted by Gasteiger charge is -2.21. The lowest BCUT2D eigenvalue weighted by molar-refractivity contribution is -0.146. The molecule has 5 nitrogen and oxygen atoms in total. The molecular weight excluding hydrogens is 248 g/mol. The van der Waals surface area contributed by atoms with E-state index in [0.717, 1.165) is 6.07 Å². The van der Waals surface area contributed by atoms with E-state index in [9.17, 15) is 20.1 Å². The number of hydrogen-bond donors (Lipinski definition) is 4. The minimum absolute atomic E-state index is 0.0107. The van der Waals surface area contributed by atoms with Gasteiger partial charge in [-0.15, -0.1) is 0 Å². The Balaban J connectivity index is 3.28. The number of carboxylic acids is 1. The van der Waals surface area contributed by atoms with Gasteiger partial charge in [0, 0.05) is 11.6 Å². The highest BCUT2D eigenvalue weighted by Crippen LogP contribution is 2.43.